The molecule has 102 valence electrons. The third-order valence-electron chi connectivity index (χ3n) is 3.35. The van der Waals surface area contributed by atoms with Crippen LogP contribution in [0.1, 0.15) is 18.7 Å². The van der Waals surface area contributed by atoms with E-state index in [9.17, 15) is 0 Å². The van der Waals surface area contributed by atoms with Gasteiger partial charge in [-0.05, 0) is 37.9 Å². The molecule has 6 heteroatoms. The molecule has 3 rings (SSSR count). The maximum Gasteiger partial charge on any atom is 0.241 e. The van der Waals surface area contributed by atoms with Gasteiger partial charge in [0, 0.05) is 23.5 Å². The largest absolute Gasteiger partial charge is 0.338 e. The van der Waals surface area contributed by atoms with Crippen LogP contribution in [0.5, 0.6) is 0 Å². The van der Waals surface area contributed by atoms with Crippen molar-refractivity contribution in [1.82, 2.24) is 20.4 Å². The molecule has 0 aromatic carbocycles. The van der Waals surface area contributed by atoms with Crippen molar-refractivity contribution in [3.05, 3.63) is 22.7 Å². The summed E-state index contributed by atoms with van der Waals surface area (Å²) in [5, 5.41) is 11.6. The molecule has 5 nitrogen and oxygen atoms in total. The molecule has 0 aliphatic carbocycles. The second-order valence-corrected chi connectivity index (χ2v) is 5.79. The summed E-state index contributed by atoms with van der Waals surface area (Å²) >= 11 is 1.64. The van der Waals surface area contributed by atoms with Gasteiger partial charge in [-0.1, -0.05) is 5.16 Å². The minimum absolute atomic E-state index is 0.601. The van der Waals surface area contributed by atoms with Crippen molar-refractivity contribution in [2.45, 2.75) is 25.4 Å². The van der Waals surface area contributed by atoms with Crippen LogP contribution < -0.4 is 5.32 Å². The average molecular weight is 278 g/mol. The van der Waals surface area contributed by atoms with Crippen LogP contribution in [-0.4, -0.2) is 41.2 Å². The minimum Gasteiger partial charge on any atom is -0.338 e. The van der Waals surface area contributed by atoms with Crippen LogP contribution in [0.25, 0.3) is 11.4 Å². The topological polar surface area (TPSA) is 54.2 Å². The lowest BCUT2D eigenvalue weighted by atomic mass is 10.2. The molecule has 2 aromatic heterocycles. The van der Waals surface area contributed by atoms with E-state index in [4.69, 9.17) is 4.52 Å². The third-order valence-corrected chi connectivity index (χ3v) is 4.03. The number of likely N-dealkylation sites (N-methyl/N-ethyl adjacent to an activating group) is 1. The van der Waals surface area contributed by atoms with E-state index in [0.29, 0.717) is 24.3 Å². The molecule has 3 heterocycles. The smallest absolute Gasteiger partial charge is 0.241 e. The van der Waals surface area contributed by atoms with Crippen molar-refractivity contribution in [3.8, 4) is 11.4 Å². The minimum atomic E-state index is 0.601. The SMILES string of the molecule is CN(Cc1nc(-c2ccsc2)no1)CC1CCCN1. The monoisotopic (exact) mass is 278 g/mol. The first-order chi connectivity index (χ1) is 9.31. The summed E-state index contributed by atoms with van der Waals surface area (Å²) in [7, 11) is 2.09. The molecule has 19 heavy (non-hydrogen) atoms. The Morgan fingerprint density at radius 1 is 1.58 bits per heavy atom. The van der Waals surface area contributed by atoms with Gasteiger partial charge in [0.15, 0.2) is 0 Å². The van der Waals surface area contributed by atoms with Gasteiger partial charge in [0.25, 0.3) is 0 Å². The third kappa shape index (κ3) is 3.20. The van der Waals surface area contributed by atoms with Crippen LogP contribution in [0.4, 0.5) is 0 Å². The Morgan fingerprint density at radius 3 is 3.26 bits per heavy atom. The number of nitrogens with zero attached hydrogens (tertiary/aromatic N) is 3. The van der Waals surface area contributed by atoms with Crippen LogP contribution in [0, 0.1) is 0 Å². The van der Waals surface area contributed by atoms with Gasteiger partial charge in [0.05, 0.1) is 6.54 Å². The van der Waals surface area contributed by atoms with E-state index in [1.54, 1.807) is 11.3 Å². The maximum absolute atomic E-state index is 5.31. The van der Waals surface area contributed by atoms with Crippen LogP contribution >= 0.6 is 11.3 Å². The fourth-order valence-corrected chi connectivity index (χ4v) is 3.05. The quantitative estimate of drug-likeness (QED) is 0.906. The standard InChI is InChI=1S/C13H18N4OS/c1-17(7-11-3-2-5-14-11)8-12-15-13(16-18-12)10-4-6-19-9-10/h4,6,9,11,14H,2-3,5,7-8H2,1H3. The van der Waals surface area contributed by atoms with E-state index in [2.05, 4.69) is 27.4 Å². The van der Waals surface area contributed by atoms with E-state index in [-0.39, 0.29) is 0 Å². The highest BCUT2D eigenvalue weighted by atomic mass is 32.1. The zero-order valence-electron chi connectivity index (χ0n) is 11.0. The summed E-state index contributed by atoms with van der Waals surface area (Å²) in [4.78, 5) is 6.66. The zero-order valence-corrected chi connectivity index (χ0v) is 11.8. The van der Waals surface area contributed by atoms with Crippen molar-refractivity contribution >= 4 is 11.3 Å². The second-order valence-electron chi connectivity index (χ2n) is 5.01. The van der Waals surface area contributed by atoms with E-state index >= 15 is 0 Å². The fraction of sp³-hybridized carbons (Fsp3) is 0.538. The summed E-state index contributed by atoms with van der Waals surface area (Å²) in [6.45, 7) is 2.87. The van der Waals surface area contributed by atoms with Crippen LogP contribution in [0.2, 0.25) is 0 Å². The van der Waals surface area contributed by atoms with Crippen molar-refractivity contribution in [1.29, 1.82) is 0 Å². The summed E-state index contributed by atoms with van der Waals surface area (Å²) in [6.07, 6.45) is 2.54. The number of rotatable bonds is 5. The molecule has 0 saturated carbocycles. The average Bonchev–Trinajstić information content (AvgIpc) is 3.09. The molecular formula is C13H18N4OS. The van der Waals surface area contributed by atoms with Gasteiger partial charge in [0.1, 0.15) is 0 Å². The molecule has 0 spiro atoms. The van der Waals surface area contributed by atoms with Crippen molar-refractivity contribution in [2.75, 3.05) is 20.1 Å². The summed E-state index contributed by atoms with van der Waals surface area (Å²) in [5.74, 6) is 1.37. The van der Waals surface area contributed by atoms with Crippen LogP contribution in [0.3, 0.4) is 0 Å². The van der Waals surface area contributed by atoms with E-state index in [1.807, 2.05) is 16.8 Å². The summed E-state index contributed by atoms with van der Waals surface area (Å²) < 4.78 is 5.31. The van der Waals surface area contributed by atoms with Gasteiger partial charge in [0.2, 0.25) is 11.7 Å². The summed E-state index contributed by atoms with van der Waals surface area (Å²) in [5.41, 5.74) is 1.03. The molecule has 1 aliphatic heterocycles. The summed E-state index contributed by atoms with van der Waals surface area (Å²) in [6, 6.07) is 2.61. The Labute approximate surface area is 116 Å². The van der Waals surface area contributed by atoms with Gasteiger partial charge >= 0.3 is 0 Å². The predicted molar refractivity (Wildman–Crippen MR) is 75.0 cm³/mol. The first-order valence-corrected chi connectivity index (χ1v) is 7.52. The van der Waals surface area contributed by atoms with E-state index < -0.39 is 0 Å². The first-order valence-electron chi connectivity index (χ1n) is 6.58. The first kappa shape index (κ1) is 12.8. The molecule has 1 atom stereocenters. The van der Waals surface area contributed by atoms with Crippen molar-refractivity contribution < 1.29 is 4.52 Å². The van der Waals surface area contributed by atoms with Crippen LogP contribution in [-0.2, 0) is 6.54 Å². The molecule has 0 bridgehead atoms. The number of hydrogen-bond donors (Lipinski definition) is 1. The molecule has 1 unspecified atom stereocenters. The number of nitrogens with one attached hydrogen (secondary N) is 1. The normalized spacial score (nSPS) is 19.4. The lowest BCUT2D eigenvalue weighted by Gasteiger charge is -2.18. The van der Waals surface area contributed by atoms with Crippen molar-refractivity contribution in [2.24, 2.45) is 0 Å². The molecule has 2 aromatic rings. The Morgan fingerprint density at radius 2 is 2.53 bits per heavy atom. The molecule has 1 aliphatic rings. The van der Waals surface area contributed by atoms with Crippen molar-refractivity contribution in [3.63, 3.8) is 0 Å². The highest BCUT2D eigenvalue weighted by Gasteiger charge is 2.17. The number of hydrogen-bond acceptors (Lipinski definition) is 6. The van der Waals surface area contributed by atoms with Gasteiger partial charge in [-0.15, -0.1) is 0 Å². The van der Waals surface area contributed by atoms with Gasteiger partial charge < -0.3 is 9.84 Å². The van der Waals surface area contributed by atoms with E-state index in [1.165, 1.54) is 12.8 Å². The van der Waals surface area contributed by atoms with Gasteiger partial charge in [-0.25, -0.2) is 0 Å². The lowest BCUT2D eigenvalue weighted by molar-refractivity contribution is 0.248. The Bertz CT molecular complexity index is 504. The molecule has 1 fully saturated rings. The number of aromatic nitrogens is 2. The Balaban J connectivity index is 1.57. The number of thiophene rings is 1. The van der Waals surface area contributed by atoms with Gasteiger partial charge in [-0.2, -0.15) is 16.3 Å². The molecule has 0 radical (unpaired) electrons. The molecular weight excluding hydrogens is 260 g/mol. The Hall–Kier alpha value is -1.24. The van der Waals surface area contributed by atoms with E-state index in [0.717, 1.165) is 18.7 Å². The predicted octanol–water partition coefficient (Wildman–Crippen LogP) is 1.98. The Kier molecular flexibility index (Phi) is 3.91. The molecule has 1 N–H and O–H groups in total. The highest BCUT2D eigenvalue weighted by Crippen LogP contribution is 2.19. The van der Waals surface area contributed by atoms with Crippen LogP contribution in [0.15, 0.2) is 21.3 Å². The molecule has 0 amide bonds. The maximum atomic E-state index is 5.31. The lowest BCUT2D eigenvalue weighted by Crippen LogP contribution is -2.35. The molecule has 1 saturated heterocycles. The second kappa shape index (κ2) is 5.81. The highest BCUT2D eigenvalue weighted by molar-refractivity contribution is 7.08. The fourth-order valence-electron chi connectivity index (χ4n) is 2.41. The van der Waals surface area contributed by atoms with Gasteiger partial charge in [-0.3, -0.25) is 4.90 Å². The zero-order chi connectivity index (χ0) is 13.1.